The molecule has 0 aromatic heterocycles. The minimum atomic E-state index is 0.600. The van der Waals surface area contributed by atoms with Crippen LogP contribution in [0.3, 0.4) is 0 Å². The average Bonchev–Trinajstić information content (AvgIpc) is 2.18. The second-order valence-corrected chi connectivity index (χ2v) is 4.86. The fraction of sp³-hybridized carbons (Fsp3) is 0.455. The Morgan fingerprint density at radius 3 is 2.36 bits per heavy atom. The molecular formula is C11H16ClNS. The van der Waals surface area contributed by atoms with Crippen molar-refractivity contribution in [3.8, 4) is 0 Å². The van der Waals surface area contributed by atoms with E-state index in [-0.39, 0.29) is 0 Å². The van der Waals surface area contributed by atoms with E-state index in [0.717, 1.165) is 12.3 Å². The smallest absolute Gasteiger partial charge is 0.0474 e. The molecule has 0 bridgehead atoms. The van der Waals surface area contributed by atoms with E-state index in [9.17, 15) is 0 Å². The predicted octanol–water partition coefficient (Wildman–Crippen LogP) is 3.08. The van der Waals surface area contributed by atoms with Crippen LogP contribution in [0.25, 0.3) is 0 Å². The van der Waals surface area contributed by atoms with Crippen LogP contribution in [0.15, 0.2) is 29.2 Å². The number of hydrogen-bond donors (Lipinski definition) is 0. The van der Waals surface area contributed by atoms with Gasteiger partial charge in [0.15, 0.2) is 0 Å². The van der Waals surface area contributed by atoms with Crippen molar-refractivity contribution < 1.29 is 0 Å². The van der Waals surface area contributed by atoms with Crippen LogP contribution in [-0.2, 0) is 5.88 Å². The number of benzene rings is 1. The lowest BCUT2D eigenvalue weighted by molar-refractivity contribution is 0.437. The standard InChI is InChI=1S/C11H16ClNS/c1-13(2)7-8-14-11-5-3-10(9-12)4-6-11/h3-6H,7-9H2,1-2H3. The van der Waals surface area contributed by atoms with Gasteiger partial charge in [0.2, 0.25) is 0 Å². The largest absolute Gasteiger partial charge is 0.309 e. The van der Waals surface area contributed by atoms with Crippen molar-refractivity contribution in [1.29, 1.82) is 0 Å². The molecule has 1 aromatic carbocycles. The molecule has 0 N–H and O–H groups in total. The quantitative estimate of drug-likeness (QED) is 0.564. The van der Waals surface area contributed by atoms with Gasteiger partial charge in [-0.2, -0.15) is 0 Å². The molecule has 78 valence electrons. The van der Waals surface area contributed by atoms with Crippen LogP contribution in [0.2, 0.25) is 0 Å². The average molecular weight is 230 g/mol. The van der Waals surface area contributed by atoms with E-state index in [4.69, 9.17) is 11.6 Å². The van der Waals surface area contributed by atoms with Crippen molar-refractivity contribution in [2.45, 2.75) is 10.8 Å². The van der Waals surface area contributed by atoms with Crippen molar-refractivity contribution in [3.05, 3.63) is 29.8 Å². The van der Waals surface area contributed by atoms with Gasteiger partial charge in [-0.25, -0.2) is 0 Å². The van der Waals surface area contributed by atoms with Gasteiger partial charge in [0.1, 0.15) is 0 Å². The Morgan fingerprint density at radius 1 is 1.21 bits per heavy atom. The van der Waals surface area contributed by atoms with Gasteiger partial charge in [-0.15, -0.1) is 23.4 Å². The minimum absolute atomic E-state index is 0.600. The number of nitrogens with zero attached hydrogens (tertiary/aromatic N) is 1. The third-order valence-corrected chi connectivity index (χ3v) is 3.19. The van der Waals surface area contributed by atoms with Gasteiger partial charge in [-0.3, -0.25) is 0 Å². The first-order chi connectivity index (χ1) is 6.72. The van der Waals surface area contributed by atoms with Crippen LogP contribution < -0.4 is 0 Å². The summed E-state index contributed by atoms with van der Waals surface area (Å²) >= 11 is 7.59. The highest BCUT2D eigenvalue weighted by molar-refractivity contribution is 7.99. The molecule has 0 aliphatic carbocycles. The van der Waals surface area contributed by atoms with Crippen LogP contribution >= 0.6 is 23.4 Å². The first-order valence-electron chi connectivity index (χ1n) is 4.65. The van der Waals surface area contributed by atoms with Crippen molar-refractivity contribution in [2.75, 3.05) is 26.4 Å². The van der Waals surface area contributed by atoms with Crippen LogP contribution in [-0.4, -0.2) is 31.3 Å². The summed E-state index contributed by atoms with van der Waals surface area (Å²) in [6, 6.07) is 8.45. The first-order valence-corrected chi connectivity index (χ1v) is 6.17. The van der Waals surface area contributed by atoms with Crippen molar-refractivity contribution in [1.82, 2.24) is 4.90 Å². The zero-order valence-corrected chi connectivity index (χ0v) is 10.2. The van der Waals surface area contributed by atoms with Gasteiger partial charge in [0.25, 0.3) is 0 Å². The second-order valence-electron chi connectivity index (χ2n) is 3.43. The summed E-state index contributed by atoms with van der Waals surface area (Å²) in [5.74, 6) is 1.73. The molecule has 0 heterocycles. The number of halogens is 1. The van der Waals surface area contributed by atoms with Crippen LogP contribution in [0, 0.1) is 0 Å². The first kappa shape index (κ1) is 11.9. The fourth-order valence-corrected chi connectivity index (χ4v) is 2.22. The summed E-state index contributed by atoms with van der Waals surface area (Å²) in [5, 5.41) is 0. The lowest BCUT2D eigenvalue weighted by Crippen LogP contribution is -2.14. The van der Waals surface area contributed by atoms with E-state index in [1.807, 2.05) is 11.8 Å². The molecule has 0 amide bonds. The van der Waals surface area contributed by atoms with Crippen LogP contribution in [0.5, 0.6) is 0 Å². The van der Waals surface area contributed by atoms with Gasteiger partial charge < -0.3 is 4.90 Å². The molecule has 0 unspecified atom stereocenters. The highest BCUT2D eigenvalue weighted by Gasteiger charge is 1.95. The zero-order valence-electron chi connectivity index (χ0n) is 8.66. The Morgan fingerprint density at radius 2 is 1.86 bits per heavy atom. The molecule has 0 fully saturated rings. The molecule has 1 aromatic rings. The van der Waals surface area contributed by atoms with Gasteiger partial charge in [-0.05, 0) is 31.8 Å². The monoisotopic (exact) mass is 229 g/mol. The van der Waals surface area contributed by atoms with E-state index in [1.54, 1.807) is 0 Å². The highest BCUT2D eigenvalue weighted by atomic mass is 35.5. The minimum Gasteiger partial charge on any atom is -0.309 e. The number of rotatable bonds is 5. The van der Waals surface area contributed by atoms with Crippen LogP contribution in [0.4, 0.5) is 0 Å². The van der Waals surface area contributed by atoms with Crippen molar-refractivity contribution in [3.63, 3.8) is 0 Å². The summed E-state index contributed by atoms with van der Waals surface area (Å²) in [7, 11) is 4.19. The van der Waals surface area contributed by atoms with Gasteiger partial charge in [0.05, 0.1) is 0 Å². The maximum atomic E-state index is 5.71. The normalized spacial score (nSPS) is 10.9. The van der Waals surface area contributed by atoms with E-state index >= 15 is 0 Å². The number of hydrogen-bond acceptors (Lipinski definition) is 2. The second kappa shape index (κ2) is 6.33. The molecule has 1 nitrogen and oxygen atoms in total. The molecule has 0 atom stereocenters. The van der Waals surface area contributed by atoms with Crippen molar-refractivity contribution in [2.24, 2.45) is 0 Å². The Hall–Kier alpha value is -0.180. The van der Waals surface area contributed by atoms with E-state index in [2.05, 4.69) is 43.3 Å². The fourth-order valence-electron chi connectivity index (χ4n) is 1.02. The molecule has 0 radical (unpaired) electrons. The number of thioether (sulfide) groups is 1. The molecule has 3 heteroatoms. The van der Waals surface area contributed by atoms with Crippen LogP contribution in [0.1, 0.15) is 5.56 Å². The topological polar surface area (TPSA) is 3.24 Å². The maximum absolute atomic E-state index is 5.71. The summed E-state index contributed by atoms with van der Waals surface area (Å²) in [6.45, 7) is 1.11. The van der Waals surface area contributed by atoms with E-state index in [0.29, 0.717) is 5.88 Å². The molecule has 1 rings (SSSR count). The Balaban J connectivity index is 2.36. The highest BCUT2D eigenvalue weighted by Crippen LogP contribution is 2.18. The van der Waals surface area contributed by atoms with Crippen molar-refractivity contribution >= 4 is 23.4 Å². The molecule has 14 heavy (non-hydrogen) atoms. The summed E-state index contributed by atoms with van der Waals surface area (Å²) < 4.78 is 0. The van der Waals surface area contributed by atoms with Gasteiger partial charge in [0, 0.05) is 23.1 Å². The summed E-state index contributed by atoms with van der Waals surface area (Å²) in [4.78, 5) is 3.51. The molecular weight excluding hydrogens is 214 g/mol. The number of alkyl halides is 1. The maximum Gasteiger partial charge on any atom is 0.0474 e. The molecule has 0 aliphatic heterocycles. The van der Waals surface area contributed by atoms with E-state index in [1.165, 1.54) is 10.5 Å². The molecule has 0 saturated heterocycles. The summed E-state index contributed by atoms with van der Waals surface area (Å²) in [6.07, 6.45) is 0. The van der Waals surface area contributed by atoms with Gasteiger partial charge >= 0.3 is 0 Å². The third-order valence-electron chi connectivity index (χ3n) is 1.88. The van der Waals surface area contributed by atoms with E-state index < -0.39 is 0 Å². The summed E-state index contributed by atoms with van der Waals surface area (Å²) in [5.41, 5.74) is 1.18. The SMILES string of the molecule is CN(C)CCSc1ccc(CCl)cc1. The zero-order chi connectivity index (χ0) is 10.4. The molecule has 0 saturated carbocycles. The van der Waals surface area contributed by atoms with Gasteiger partial charge in [-0.1, -0.05) is 12.1 Å². The lowest BCUT2D eigenvalue weighted by Gasteiger charge is -2.08. The lowest BCUT2D eigenvalue weighted by atomic mass is 10.2. The predicted molar refractivity (Wildman–Crippen MR) is 65.3 cm³/mol. The molecule has 0 spiro atoms. The Labute approximate surface area is 95.4 Å². The third kappa shape index (κ3) is 4.36. The Kier molecular flexibility index (Phi) is 5.38. The molecule has 0 aliphatic rings. The Bertz CT molecular complexity index is 258.